The predicted octanol–water partition coefficient (Wildman–Crippen LogP) is 2.55. The highest BCUT2D eigenvalue weighted by atomic mass is 16.4. The van der Waals surface area contributed by atoms with E-state index < -0.39 is 5.97 Å². The van der Waals surface area contributed by atoms with Gasteiger partial charge in [0.05, 0.1) is 11.4 Å². The molecule has 25 heavy (non-hydrogen) atoms. The van der Waals surface area contributed by atoms with Gasteiger partial charge in [-0.3, -0.25) is 0 Å². The molecule has 122 valence electrons. The minimum atomic E-state index is -1.03. The van der Waals surface area contributed by atoms with Crippen molar-refractivity contribution in [3.8, 4) is 5.88 Å². The van der Waals surface area contributed by atoms with Crippen LogP contribution in [0, 0.1) is 0 Å². The number of fused-ring (bicyclic) bond motifs is 2. The van der Waals surface area contributed by atoms with E-state index in [1.54, 1.807) is 0 Å². The average Bonchev–Trinajstić information content (AvgIpc) is 3.14. The Bertz CT molecular complexity index is 1190. The van der Waals surface area contributed by atoms with Crippen molar-refractivity contribution in [2.45, 2.75) is 0 Å². The molecule has 3 aromatic rings. The molecular formula is C19H13N3O3. The summed E-state index contributed by atoms with van der Waals surface area (Å²) in [4.78, 5) is 13.6. The lowest BCUT2D eigenvalue weighted by atomic mass is 10.1. The summed E-state index contributed by atoms with van der Waals surface area (Å²) in [6.07, 6.45) is 4.33. The number of nitrogens with one attached hydrogen (secondary N) is 1. The van der Waals surface area contributed by atoms with Crippen molar-refractivity contribution in [3.63, 3.8) is 0 Å². The predicted molar refractivity (Wildman–Crippen MR) is 93.9 cm³/mol. The highest BCUT2D eigenvalue weighted by Crippen LogP contribution is 2.27. The molecule has 2 aromatic carbocycles. The fourth-order valence-corrected chi connectivity index (χ4v) is 2.83. The van der Waals surface area contributed by atoms with E-state index in [0.717, 1.165) is 27.4 Å². The van der Waals surface area contributed by atoms with Crippen molar-refractivity contribution < 1.29 is 15.0 Å². The molecule has 0 atom stereocenters. The Morgan fingerprint density at radius 2 is 1.96 bits per heavy atom. The summed E-state index contributed by atoms with van der Waals surface area (Å²) in [5.41, 5.74) is 2.75. The third-order valence-corrected chi connectivity index (χ3v) is 3.98. The first-order valence-electron chi connectivity index (χ1n) is 7.60. The number of nitrogens with zero attached hydrogens (tertiary/aromatic N) is 2. The molecule has 2 heterocycles. The molecule has 3 N–H and O–H groups in total. The molecule has 0 saturated carbocycles. The number of hydrogen-bond donors (Lipinski definition) is 3. The van der Waals surface area contributed by atoms with Crippen LogP contribution in [-0.4, -0.2) is 21.2 Å². The lowest BCUT2D eigenvalue weighted by Gasteiger charge is -1.94. The fraction of sp³-hybridized carbons (Fsp3) is 0. The second kappa shape index (κ2) is 5.76. The van der Waals surface area contributed by atoms with Gasteiger partial charge in [0.2, 0.25) is 0 Å². The first kappa shape index (κ1) is 14.9. The maximum Gasteiger partial charge on any atom is 0.328 e. The van der Waals surface area contributed by atoms with Gasteiger partial charge in [0.25, 0.3) is 0 Å². The summed E-state index contributed by atoms with van der Waals surface area (Å²) in [5.74, 6) is -0.920. The number of azo groups is 1. The highest BCUT2D eigenvalue weighted by Gasteiger charge is 2.09. The Balaban J connectivity index is 1.84. The molecule has 0 unspecified atom stereocenters. The summed E-state index contributed by atoms with van der Waals surface area (Å²) in [5, 5.41) is 29.5. The van der Waals surface area contributed by atoms with Crippen molar-refractivity contribution in [1.29, 1.82) is 0 Å². The number of H-pyrrole nitrogens is 1. The maximum absolute atomic E-state index is 10.6. The number of aromatic nitrogens is 1. The van der Waals surface area contributed by atoms with E-state index >= 15 is 0 Å². The van der Waals surface area contributed by atoms with E-state index in [9.17, 15) is 9.90 Å². The third-order valence-electron chi connectivity index (χ3n) is 3.98. The van der Waals surface area contributed by atoms with Crippen LogP contribution in [0.1, 0.15) is 5.56 Å². The molecule has 4 rings (SSSR count). The zero-order valence-electron chi connectivity index (χ0n) is 13.0. The Kier molecular flexibility index (Phi) is 3.43. The van der Waals surface area contributed by atoms with Gasteiger partial charge in [-0.1, -0.05) is 24.3 Å². The lowest BCUT2D eigenvalue weighted by molar-refractivity contribution is -0.131. The number of carboxylic acids is 1. The van der Waals surface area contributed by atoms with Crippen LogP contribution in [0.3, 0.4) is 0 Å². The summed E-state index contributed by atoms with van der Waals surface area (Å²) < 4.78 is 0. The number of carboxylic acid groups (broad SMARTS) is 1. The van der Waals surface area contributed by atoms with Gasteiger partial charge in [-0.25, -0.2) is 4.79 Å². The van der Waals surface area contributed by atoms with Gasteiger partial charge in [0.15, 0.2) is 5.88 Å². The zero-order valence-corrected chi connectivity index (χ0v) is 13.0. The quantitative estimate of drug-likeness (QED) is 0.643. The Morgan fingerprint density at radius 1 is 1.12 bits per heavy atom. The summed E-state index contributed by atoms with van der Waals surface area (Å²) >= 11 is 0. The summed E-state index contributed by atoms with van der Waals surface area (Å²) in [7, 11) is 0. The minimum absolute atomic E-state index is 0.111. The SMILES string of the molecule is O=C(O)/C=C/C1=c2cc/c(=C/c3c(O)[nH]c4ccccc34)cc2N=N1. The van der Waals surface area contributed by atoms with E-state index in [1.807, 2.05) is 48.5 Å². The Labute approximate surface area is 141 Å². The number of carbonyl (C=O) groups is 1. The molecule has 0 spiro atoms. The van der Waals surface area contributed by atoms with Crippen molar-refractivity contribution in [1.82, 2.24) is 4.98 Å². The van der Waals surface area contributed by atoms with E-state index in [2.05, 4.69) is 15.2 Å². The van der Waals surface area contributed by atoms with Gasteiger partial charge in [-0.2, -0.15) is 0 Å². The third kappa shape index (κ3) is 2.70. The summed E-state index contributed by atoms with van der Waals surface area (Å²) in [6, 6.07) is 13.2. The van der Waals surface area contributed by atoms with Crippen molar-refractivity contribution in [2.75, 3.05) is 0 Å². The van der Waals surface area contributed by atoms with E-state index in [0.29, 0.717) is 16.9 Å². The monoisotopic (exact) mass is 331 g/mol. The van der Waals surface area contributed by atoms with Crippen LogP contribution in [0.25, 0.3) is 22.7 Å². The number of aliphatic carboxylic acids is 1. The maximum atomic E-state index is 10.6. The average molecular weight is 331 g/mol. The van der Waals surface area contributed by atoms with Crippen LogP contribution in [0.2, 0.25) is 0 Å². The van der Waals surface area contributed by atoms with Crippen LogP contribution in [0.15, 0.2) is 64.8 Å². The van der Waals surface area contributed by atoms with E-state index in [4.69, 9.17) is 5.11 Å². The van der Waals surface area contributed by atoms with E-state index in [1.165, 1.54) is 6.08 Å². The van der Waals surface area contributed by atoms with Crippen LogP contribution in [-0.2, 0) is 4.79 Å². The molecule has 6 heteroatoms. The molecule has 0 fully saturated rings. The molecule has 1 aliphatic rings. The van der Waals surface area contributed by atoms with Crippen LogP contribution in [0.5, 0.6) is 5.88 Å². The van der Waals surface area contributed by atoms with Gasteiger partial charge >= 0.3 is 5.97 Å². The van der Waals surface area contributed by atoms with Gasteiger partial charge < -0.3 is 15.2 Å². The number of aromatic amines is 1. The molecule has 6 nitrogen and oxygen atoms in total. The first-order valence-corrected chi connectivity index (χ1v) is 7.60. The Hall–Kier alpha value is -3.67. The molecule has 0 saturated heterocycles. The Morgan fingerprint density at radius 3 is 2.80 bits per heavy atom. The van der Waals surface area contributed by atoms with Crippen LogP contribution in [0.4, 0.5) is 5.69 Å². The summed E-state index contributed by atoms with van der Waals surface area (Å²) in [6.45, 7) is 0. The smallest absolute Gasteiger partial charge is 0.328 e. The molecule has 0 bridgehead atoms. The minimum Gasteiger partial charge on any atom is -0.494 e. The second-order valence-electron chi connectivity index (χ2n) is 5.61. The van der Waals surface area contributed by atoms with Crippen LogP contribution < -0.4 is 10.4 Å². The molecular weight excluding hydrogens is 318 g/mol. The molecule has 0 aliphatic carbocycles. The molecule has 0 radical (unpaired) electrons. The largest absolute Gasteiger partial charge is 0.494 e. The molecule has 1 aliphatic heterocycles. The van der Waals surface area contributed by atoms with Crippen molar-refractivity contribution in [2.24, 2.45) is 10.2 Å². The fourth-order valence-electron chi connectivity index (χ4n) is 2.83. The van der Waals surface area contributed by atoms with Gasteiger partial charge in [-0.15, -0.1) is 10.2 Å². The van der Waals surface area contributed by atoms with Crippen molar-refractivity contribution in [3.05, 3.63) is 70.6 Å². The standard InChI is InChI=1S/C19H13N3O3/c23-18(24)8-7-16-13-6-5-11(10-17(13)22-21-16)9-14-12-3-1-2-4-15(12)20-19(14)25/h1-10,20,25H,(H,23,24)/b8-7+,11-9-. The lowest BCUT2D eigenvalue weighted by Crippen LogP contribution is -2.08. The molecule has 0 amide bonds. The second-order valence-corrected chi connectivity index (χ2v) is 5.61. The van der Waals surface area contributed by atoms with Gasteiger partial charge in [0, 0.05) is 27.8 Å². The van der Waals surface area contributed by atoms with Crippen LogP contribution >= 0.6 is 0 Å². The highest BCUT2D eigenvalue weighted by molar-refractivity contribution is 5.91. The number of rotatable bonds is 3. The zero-order chi connectivity index (χ0) is 17.4. The first-order chi connectivity index (χ1) is 12.1. The van der Waals surface area contributed by atoms with Gasteiger partial charge in [-0.05, 0) is 35.6 Å². The normalized spacial score (nSPS) is 13.9. The number of aromatic hydroxyl groups is 1. The number of hydrogen-bond acceptors (Lipinski definition) is 4. The van der Waals surface area contributed by atoms with E-state index in [-0.39, 0.29) is 5.88 Å². The van der Waals surface area contributed by atoms with Gasteiger partial charge in [0.1, 0.15) is 0 Å². The molecule has 1 aromatic heterocycles. The van der Waals surface area contributed by atoms with Crippen molar-refractivity contribution >= 4 is 34.3 Å². The number of benzene rings is 2. The topological polar surface area (TPSA) is 98.0 Å². The number of para-hydroxylation sites is 1.